The van der Waals surface area contributed by atoms with E-state index in [1.165, 1.54) is 141 Å². The number of ether oxygens (including phenoxy) is 4. The van der Waals surface area contributed by atoms with Gasteiger partial charge in [0, 0.05) is 25.7 Å². The highest BCUT2D eigenvalue weighted by molar-refractivity contribution is 7.47. The molecule has 3 N–H and O–H groups in total. The van der Waals surface area contributed by atoms with E-state index in [9.17, 15) is 43.2 Å². The number of esters is 4. The SMILES string of the molecule is CCCCC/C=C\C/C=C\C/C=C\C/C=C\CCCC(=O)O[C@H](COC(=O)CCCCCCCCC/C=C\CCCCCC)COP(=O)(O)OC[C@@H](O)COP(=O)(O)OC[C@@H](COC(=O)CCCCCCCCCCCCCCC)OC(=O)CCCCCCCCC/C=C\CCCCCC. The Bertz CT molecular complexity index is 2180. The Labute approximate surface area is 609 Å². The number of hydrogen-bond acceptors (Lipinski definition) is 15. The summed E-state index contributed by atoms with van der Waals surface area (Å²) >= 11 is 0. The van der Waals surface area contributed by atoms with E-state index in [1.54, 1.807) is 0 Å². The van der Waals surface area contributed by atoms with Gasteiger partial charge in [-0.05, 0) is 116 Å². The lowest BCUT2D eigenvalue weighted by Crippen LogP contribution is -2.30. The van der Waals surface area contributed by atoms with Crippen LogP contribution in [0.5, 0.6) is 0 Å². The van der Waals surface area contributed by atoms with E-state index in [-0.39, 0.29) is 25.7 Å². The van der Waals surface area contributed by atoms with Crippen molar-refractivity contribution in [3.63, 3.8) is 0 Å². The number of rotatable bonds is 76. The molecule has 0 spiro atoms. The standard InChI is InChI=1S/C81H146O17P2/c1-5-9-13-17-21-25-29-33-36-37-40-44-48-52-56-60-64-68-81(86)98-77(72-92-79(84)66-62-58-54-50-46-42-38-34-30-26-22-18-14-10-6-2)74-96-100(89,90)94-70-75(82)69-93-99(87,88)95-73-76(71-91-78(83)65-61-57-53-49-45-41-32-28-24-20-16-12-8-4)97-80(85)67-63-59-55-51-47-43-39-35-31-27-23-19-15-11-7-3/h21,25-27,30-31,33,36,40,44,52,56,75-77,82H,5-20,22-24,28-29,32,34-35,37-39,41-43,45-51,53-55,57-74H2,1-4H3,(H,87,88)(H,89,90)/b25-21-,30-26-,31-27-,36-33-,44-40-,56-52-/t75-,76+,77+/m0/s1. The fourth-order valence-corrected chi connectivity index (χ4v) is 12.5. The van der Waals surface area contributed by atoms with Gasteiger partial charge in [-0.2, -0.15) is 0 Å². The Balaban J connectivity index is 5.38. The summed E-state index contributed by atoms with van der Waals surface area (Å²) in [5.41, 5.74) is 0. The number of carbonyl (C=O) groups is 4. The summed E-state index contributed by atoms with van der Waals surface area (Å²) in [6.07, 6.45) is 74.5. The summed E-state index contributed by atoms with van der Waals surface area (Å²) in [6, 6.07) is 0. The van der Waals surface area contributed by atoms with E-state index in [4.69, 9.17) is 37.0 Å². The lowest BCUT2D eigenvalue weighted by atomic mass is 10.0. The maximum atomic E-state index is 13.1. The summed E-state index contributed by atoms with van der Waals surface area (Å²) in [5.74, 6) is -2.22. The highest BCUT2D eigenvalue weighted by Gasteiger charge is 2.30. The monoisotopic (exact) mass is 1450 g/mol. The number of aliphatic hydroxyl groups is 1. The predicted octanol–water partition coefficient (Wildman–Crippen LogP) is 23.2. The highest BCUT2D eigenvalue weighted by Crippen LogP contribution is 2.45. The Morgan fingerprint density at radius 2 is 0.500 bits per heavy atom. The lowest BCUT2D eigenvalue weighted by molar-refractivity contribution is -0.161. The molecule has 0 aromatic carbocycles. The number of aliphatic hydroxyl groups excluding tert-OH is 1. The topological polar surface area (TPSA) is 237 Å². The van der Waals surface area contributed by atoms with Crippen LogP contribution in [-0.4, -0.2) is 96.7 Å². The van der Waals surface area contributed by atoms with Gasteiger partial charge in [0.15, 0.2) is 12.2 Å². The first kappa shape index (κ1) is 96.5. The van der Waals surface area contributed by atoms with Crippen molar-refractivity contribution in [3.05, 3.63) is 72.9 Å². The Morgan fingerprint density at radius 1 is 0.280 bits per heavy atom. The molecule has 0 fully saturated rings. The van der Waals surface area contributed by atoms with E-state index in [2.05, 4.69) is 88.5 Å². The van der Waals surface area contributed by atoms with Crippen molar-refractivity contribution in [1.29, 1.82) is 0 Å². The first-order valence-electron chi connectivity index (χ1n) is 40.2. The predicted molar refractivity (Wildman–Crippen MR) is 409 cm³/mol. The average Bonchev–Trinajstić information content (AvgIpc) is 1.22. The summed E-state index contributed by atoms with van der Waals surface area (Å²) in [6.45, 7) is 4.81. The second-order valence-electron chi connectivity index (χ2n) is 27.0. The van der Waals surface area contributed by atoms with Crippen LogP contribution in [0.1, 0.15) is 362 Å². The molecule has 0 aromatic rings. The number of unbranched alkanes of at least 4 members (excludes halogenated alkanes) is 38. The summed E-state index contributed by atoms with van der Waals surface area (Å²) in [4.78, 5) is 72.9. The molecule has 0 heterocycles. The molecule has 0 aliphatic rings. The first-order valence-corrected chi connectivity index (χ1v) is 43.2. The third kappa shape index (κ3) is 72.8. The lowest BCUT2D eigenvalue weighted by Gasteiger charge is -2.21. The van der Waals surface area contributed by atoms with Crippen LogP contribution < -0.4 is 0 Å². The molecular weight excluding hydrogens is 1310 g/mol. The molecule has 5 atom stereocenters. The molecule has 2 unspecified atom stereocenters. The van der Waals surface area contributed by atoms with Crippen molar-refractivity contribution in [2.24, 2.45) is 0 Å². The molecule has 0 radical (unpaired) electrons. The van der Waals surface area contributed by atoms with Gasteiger partial charge in [0.05, 0.1) is 26.4 Å². The molecule has 19 heteroatoms. The Morgan fingerprint density at radius 3 is 0.830 bits per heavy atom. The van der Waals surface area contributed by atoms with Crippen LogP contribution in [0.4, 0.5) is 0 Å². The van der Waals surface area contributed by atoms with Gasteiger partial charge in [-0.25, -0.2) is 9.13 Å². The smallest absolute Gasteiger partial charge is 0.462 e. The van der Waals surface area contributed by atoms with E-state index in [1.807, 2.05) is 12.2 Å². The maximum Gasteiger partial charge on any atom is 0.472 e. The number of phosphoric ester groups is 2. The molecule has 0 aromatic heterocycles. The van der Waals surface area contributed by atoms with Crippen molar-refractivity contribution in [1.82, 2.24) is 0 Å². The van der Waals surface area contributed by atoms with Crippen molar-refractivity contribution in [2.45, 2.75) is 380 Å². The van der Waals surface area contributed by atoms with Crippen LogP contribution in [0.25, 0.3) is 0 Å². The molecule has 100 heavy (non-hydrogen) atoms. The number of carbonyl (C=O) groups excluding carboxylic acids is 4. The largest absolute Gasteiger partial charge is 0.472 e. The fraction of sp³-hybridized carbons (Fsp3) is 0.802. The number of hydrogen-bond donors (Lipinski definition) is 3. The third-order valence-corrected chi connectivity index (χ3v) is 19.0. The molecule has 582 valence electrons. The number of allylic oxidation sites excluding steroid dienone is 12. The van der Waals surface area contributed by atoms with Gasteiger partial charge < -0.3 is 33.8 Å². The van der Waals surface area contributed by atoms with Crippen LogP contribution in [0.15, 0.2) is 72.9 Å². The van der Waals surface area contributed by atoms with Gasteiger partial charge in [0.1, 0.15) is 19.3 Å². The highest BCUT2D eigenvalue weighted by atomic mass is 31.2. The third-order valence-electron chi connectivity index (χ3n) is 17.1. The second kappa shape index (κ2) is 73.8. The quantitative estimate of drug-likeness (QED) is 0.0169. The van der Waals surface area contributed by atoms with Crippen molar-refractivity contribution in [3.8, 4) is 0 Å². The molecular formula is C81H146O17P2. The van der Waals surface area contributed by atoms with Crippen molar-refractivity contribution < 1.29 is 80.2 Å². The zero-order valence-electron chi connectivity index (χ0n) is 63.6. The maximum absolute atomic E-state index is 13.1. The second-order valence-corrected chi connectivity index (χ2v) is 29.9. The number of phosphoric acid groups is 2. The molecule has 0 aliphatic carbocycles. The minimum absolute atomic E-state index is 0.0212. The Hall–Kier alpha value is -3.50. The van der Waals surface area contributed by atoms with Crippen LogP contribution >= 0.6 is 15.6 Å². The van der Waals surface area contributed by atoms with Gasteiger partial charge in [-0.3, -0.25) is 37.3 Å². The fourth-order valence-electron chi connectivity index (χ4n) is 11.0. The van der Waals surface area contributed by atoms with Gasteiger partial charge in [-0.15, -0.1) is 0 Å². The van der Waals surface area contributed by atoms with E-state index in [0.717, 1.165) is 135 Å². The zero-order chi connectivity index (χ0) is 73.2. The summed E-state index contributed by atoms with van der Waals surface area (Å²) in [7, 11) is -9.96. The van der Waals surface area contributed by atoms with Crippen LogP contribution in [0, 0.1) is 0 Å². The van der Waals surface area contributed by atoms with Crippen molar-refractivity contribution in [2.75, 3.05) is 39.6 Å². The van der Waals surface area contributed by atoms with Gasteiger partial charge in [0.2, 0.25) is 0 Å². The van der Waals surface area contributed by atoms with Crippen LogP contribution in [0.3, 0.4) is 0 Å². The van der Waals surface area contributed by atoms with E-state index < -0.39 is 97.5 Å². The molecule has 0 saturated carbocycles. The summed E-state index contributed by atoms with van der Waals surface area (Å²) in [5, 5.41) is 10.6. The zero-order valence-corrected chi connectivity index (χ0v) is 65.4. The van der Waals surface area contributed by atoms with E-state index in [0.29, 0.717) is 32.1 Å². The Kier molecular flexibility index (Phi) is 71.2. The first-order chi connectivity index (χ1) is 48.7. The minimum atomic E-state index is -4.99. The summed E-state index contributed by atoms with van der Waals surface area (Å²) < 4.78 is 68.5. The molecule has 0 bridgehead atoms. The van der Waals surface area contributed by atoms with Gasteiger partial charge in [-0.1, -0.05) is 293 Å². The van der Waals surface area contributed by atoms with Gasteiger partial charge >= 0.3 is 39.5 Å². The van der Waals surface area contributed by atoms with E-state index >= 15 is 0 Å². The van der Waals surface area contributed by atoms with Crippen molar-refractivity contribution >= 4 is 39.5 Å². The normalized spacial score (nSPS) is 14.3. The van der Waals surface area contributed by atoms with Crippen LogP contribution in [0.2, 0.25) is 0 Å². The molecule has 17 nitrogen and oxygen atoms in total. The molecule has 0 amide bonds. The van der Waals surface area contributed by atoms with Gasteiger partial charge in [0.25, 0.3) is 0 Å². The molecule has 0 aliphatic heterocycles. The van der Waals surface area contributed by atoms with Crippen LogP contribution in [-0.2, 0) is 65.4 Å². The average molecular weight is 1450 g/mol. The molecule has 0 saturated heterocycles. The molecule has 0 rings (SSSR count). The minimum Gasteiger partial charge on any atom is -0.462 e.